The summed E-state index contributed by atoms with van der Waals surface area (Å²) in [5, 5.41) is 15.2. The molecular weight excluding hydrogens is 207 g/mol. The molecule has 0 unspecified atom stereocenters. The largest absolute Gasteiger partial charge is 1.00 e. The molecule has 0 aliphatic carbocycles. The molecule has 0 saturated carbocycles. The number of carbonyl (C=O) groups is 2. The summed E-state index contributed by atoms with van der Waals surface area (Å²) < 4.78 is 7.98. The molecule has 1 N–H and O–H groups in total. The van der Waals surface area contributed by atoms with Gasteiger partial charge in [-0.25, -0.2) is 9.59 Å². The maximum absolute atomic E-state index is 10.0. The monoisotopic (exact) mass is 220 g/mol. The molecule has 0 atom stereocenters. The van der Waals surface area contributed by atoms with Crippen molar-refractivity contribution in [2.45, 2.75) is 0 Å². The number of aliphatic hydroxyl groups is 1. The number of rotatable bonds is 0. The summed E-state index contributed by atoms with van der Waals surface area (Å²) >= 11 is 0. The van der Waals surface area contributed by atoms with Gasteiger partial charge >= 0.3 is 63.3 Å². The molecule has 6 nitrogen and oxygen atoms in total. The molecule has 0 aromatic carbocycles. The number of aliphatic hydroxyl groups excluding tert-OH is 1. The van der Waals surface area contributed by atoms with Crippen molar-refractivity contribution in [1.82, 2.24) is 0 Å². The first-order chi connectivity index (χ1) is 5.72. The molecule has 0 heterocycles. The molecule has 0 fully saturated rings. The Balaban J connectivity index is -0.0000000712. The van der Waals surface area contributed by atoms with Crippen molar-refractivity contribution in [3.8, 4) is 0 Å². The molecule has 0 amide bonds. The number of carbonyl (C=O) groups excluding carboxylic acids is 2. The van der Waals surface area contributed by atoms with Crippen LogP contribution in [0, 0.1) is 0 Å². The number of hydrogen-bond donors (Lipinski definition) is 1. The first-order valence-corrected chi connectivity index (χ1v) is 2.74. The summed E-state index contributed by atoms with van der Waals surface area (Å²) in [6, 6.07) is 0. The van der Waals surface area contributed by atoms with Crippen LogP contribution in [0.5, 0.6) is 0 Å². The first-order valence-electron chi connectivity index (χ1n) is 2.74. The third kappa shape index (κ3) is 19.1. The van der Waals surface area contributed by atoms with Crippen molar-refractivity contribution in [2.24, 2.45) is 0 Å². The average molecular weight is 220 g/mol. The van der Waals surface area contributed by atoms with E-state index in [1.165, 1.54) is 0 Å². The van der Waals surface area contributed by atoms with Crippen molar-refractivity contribution in [3.05, 3.63) is 0 Å². The van der Waals surface area contributed by atoms with E-state index < -0.39 is 11.9 Å². The second-order valence-corrected chi connectivity index (χ2v) is 0.983. The normalized spacial score (nSPS) is 5.69. The van der Waals surface area contributed by atoms with Crippen molar-refractivity contribution >= 4 is 11.9 Å². The molecule has 0 radical (unpaired) electrons. The maximum atomic E-state index is 10.0. The van der Waals surface area contributed by atoms with Crippen LogP contribution in [0.1, 0.15) is 0 Å². The Bertz CT molecular complexity index is 102. The minimum absolute atomic E-state index is 0. The Hall–Kier alpha value is 0.496. The van der Waals surface area contributed by atoms with Crippen LogP contribution in [0.25, 0.3) is 0 Å². The third-order valence-electron chi connectivity index (χ3n) is 0.537. The molecule has 0 aliphatic rings. The zero-order valence-corrected chi connectivity index (χ0v) is 11.6. The van der Waals surface area contributed by atoms with Crippen molar-refractivity contribution in [1.29, 1.82) is 0 Å². The SMILES string of the molecule is CO.COC(=O)C(=O)OC.C[O-].[K+]. The van der Waals surface area contributed by atoms with Crippen LogP contribution in [-0.4, -0.2) is 45.5 Å². The molecule has 0 aromatic rings. The van der Waals surface area contributed by atoms with E-state index in [1.807, 2.05) is 0 Å². The predicted octanol–water partition coefficient (Wildman–Crippen LogP) is -5.08. The molecule has 0 saturated heterocycles. The third-order valence-corrected chi connectivity index (χ3v) is 0.537. The van der Waals surface area contributed by atoms with Crippen LogP contribution in [0.4, 0.5) is 0 Å². The molecule has 74 valence electrons. The molecule has 0 aromatic heterocycles. The topological polar surface area (TPSA) is 95.9 Å². The van der Waals surface area contributed by atoms with Crippen molar-refractivity contribution in [3.63, 3.8) is 0 Å². The summed E-state index contributed by atoms with van der Waals surface area (Å²) in [4.78, 5) is 20.1. The minimum atomic E-state index is -0.979. The van der Waals surface area contributed by atoms with Gasteiger partial charge in [0, 0.05) is 7.11 Å². The van der Waals surface area contributed by atoms with Gasteiger partial charge in [0.2, 0.25) is 0 Å². The number of ether oxygens (including phenoxy) is 2. The molecule has 13 heavy (non-hydrogen) atoms. The van der Waals surface area contributed by atoms with Gasteiger partial charge < -0.3 is 19.7 Å². The summed E-state index contributed by atoms with van der Waals surface area (Å²) in [5.74, 6) is -1.96. The predicted molar refractivity (Wildman–Crippen MR) is 38.1 cm³/mol. The van der Waals surface area contributed by atoms with Crippen LogP contribution in [0.15, 0.2) is 0 Å². The van der Waals surface area contributed by atoms with Gasteiger partial charge in [0.15, 0.2) is 0 Å². The van der Waals surface area contributed by atoms with E-state index in [1.54, 1.807) is 0 Å². The summed E-state index contributed by atoms with van der Waals surface area (Å²) in [5.41, 5.74) is 0. The fraction of sp³-hybridized carbons (Fsp3) is 0.667. The molecule has 0 rings (SSSR count). The first kappa shape index (κ1) is 23.4. The zero-order chi connectivity index (χ0) is 10.6. The molecular formula is C6H13KO6. The Labute approximate surface area is 120 Å². The quantitative estimate of drug-likeness (QED) is 0.249. The fourth-order valence-corrected chi connectivity index (χ4v) is 0.167. The standard InChI is InChI=1S/C4H6O4.CH4O.CH3O.K/c1-7-3(5)4(6)8-2;2*1-2;/h1-2H3;2H,1H3;1H3;/q;;-1;+1. The van der Waals surface area contributed by atoms with Gasteiger partial charge in [-0.3, -0.25) is 0 Å². The van der Waals surface area contributed by atoms with E-state index in [0.717, 1.165) is 28.4 Å². The van der Waals surface area contributed by atoms with E-state index in [2.05, 4.69) is 9.47 Å². The van der Waals surface area contributed by atoms with E-state index in [9.17, 15) is 9.59 Å². The number of methoxy groups -OCH3 is 2. The molecule has 0 aliphatic heterocycles. The summed E-state index contributed by atoms with van der Waals surface area (Å²) in [7, 11) is 3.97. The van der Waals surface area contributed by atoms with E-state index in [-0.39, 0.29) is 51.4 Å². The van der Waals surface area contributed by atoms with Gasteiger partial charge in [-0.05, 0) is 0 Å². The van der Waals surface area contributed by atoms with Crippen LogP contribution in [-0.2, 0) is 19.1 Å². The Morgan fingerprint density at radius 1 is 1.00 bits per heavy atom. The van der Waals surface area contributed by atoms with Gasteiger partial charge in [0.05, 0.1) is 14.2 Å². The van der Waals surface area contributed by atoms with Crippen LogP contribution < -0.4 is 56.5 Å². The fourth-order valence-electron chi connectivity index (χ4n) is 0.167. The van der Waals surface area contributed by atoms with Gasteiger partial charge in [0.25, 0.3) is 0 Å². The van der Waals surface area contributed by atoms with Crippen LogP contribution in [0.2, 0.25) is 0 Å². The van der Waals surface area contributed by atoms with Gasteiger partial charge in [-0.15, -0.1) is 0 Å². The Morgan fingerprint density at radius 2 is 1.15 bits per heavy atom. The van der Waals surface area contributed by atoms with Crippen molar-refractivity contribution < 1.29 is 80.7 Å². The maximum Gasteiger partial charge on any atom is 1.00 e. The van der Waals surface area contributed by atoms with Crippen molar-refractivity contribution in [2.75, 3.05) is 28.4 Å². The zero-order valence-electron chi connectivity index (χ0n) is 8.49. The minimum Gasteiger partial charge on any atom is -0.857 e. The van der Waals surface area contributed by atoms with Gasteiger partial charge in [-0.1, -0.05) is 0 Å². The molecule has 0 bridgehead atoms. The van der Waals surface area contributed by atoms with E-state index in [4.69, 9.17) is 10.2 Å². The average Bonchev–Trinajstić information content (AvgIpc) is 2.21. The Morgan fingerprint density at radius 3 is 1.23 bits per heavy atom. The number of esters is 2. The summed E-state index contributed by atoms with van der Waals surface area (Å²) in [6.45, 7) is 0. The van der Waals surface area contributed by atoms with E-state index >= 15 is 0 Å². The van der Waals surface area contributed by atoms with Crippen LogP contribution in [0.3, 0.4) is 0 Å². The van der Waals surface area contributed by atoms with Crippen LogP contribution >= 0.6 is 0 Å². The Kier molecular flexibility index (Phi) is 41.1. The summed E-state index contributed by atoms with van der Waals surface area (Å²) in [6.07, 6.45) is 0. The second-order valence-electron chi connectivity index (χ2n) is 0.983. The van der Waals surface area contributed by atoms with Gasteiger partial charge in [-0.2, -0.15) is 7.11 Å². The number of hydrogen-bond acceptors (Lipinski definition) is 6. The molecule has 0 spiro atoms. The second kappa shape index (κ2) is 22.9. The van der Waals surface area contributed by atoms with E-state index in [0.29, 0.717) is 0 Å². The molecule has 7 heteroatoms. The smallest absolute Gasteiger partial charge is 0.857 e. The van der Waals surface area contributed by atoms with Gasteiger partial charge in [0.1, 0.15) is 0 Å².